The van der Waals surface area contributed by atoms with Gasteiger partial charge in [0.05, 0.1) is 10.0 Å². The van der Waals surface area contributed by atoms with Crippen LogP contribution in [0.5, 0.6) is 11.5 Å². The number of nitrogens with one attached hydrogen (secondary N) is 2. The number of benzene rings is 2. The number of hydrogen-bond donors (Lipinski definition) is 2. The number of ether oxygens (including phenoxy) is 2. The Morgan fingerprint density at radius 1 is 1.12 bits per heavy atom. The molecule has 26 heavy (non-hydrogen) atoms. The zero-order valence-corrected chi connectivity index (χ0v) is 15.1. The zero-order valence-electron chi connectivity index (χ0n) is 13.6. The van der Waals surface area contributed by atoms with Crippen molar-refractivity contribution in [3.63, 3.8) is 0 Å². The first-order valence-electron chi connectivity index (χ1n) is 7.44. The number of amides is 2. The Balaban J connectivity index is 1.76. The van der Waals surface area contributed by atoms with Gasteiger partial charge in [0, 0.05) is 6.07 Å². The molecule has 0 fully saturated rings. The Bertz CT molecular complexity index is 804. The van der Waals surface area contributed by atoms with Gasteiger partial charge in [-0.15, -0.1) is 0 Å². The first-order valence-corrected chi connectivity index (χ1v) is 8.20. The van der Waals surface area contributed by atoms with Crippen molar-refractivity contribution in [2.45, 2.75) is 13.0 Å². The number of rotatable bonds is 6. The smallest absolute Gasteiger partial charge is 0.279 e. The summed E-state index contributed by atoms with van der Waals surface area (Å²) in [6, 6.07) is 10.2. The normalized spacial score (nSPS) is 11.4. The van der Waals surface area contributed by atoms with Crippen LogP contribution in [0.2, 0.25) is 10.0 Å². The molecule has 0 heterocycles. The Morgan fingerprint density at radius 3 is 2.54 bits per heavy atom. The molecule has 0 saturated heterocycles. The molecule has 1 unspecified atom stereocenters. The molecule has 1 atom stereocenters. The molecule has 138 valence electrons. The zero-order chi connectivity index (χ0) is 19.1. The molecule has 0 aliphatic carbocycles. The minimum atomic E-state index is -1.02. The fourth-order valence-electron chi connectivity index (χ4n) is 1.77. The third-order valence-corrected chi connectivity index (χ3v) is 3.83. The monoisotopic (exact) mass is 400 g/mol. The van der Waals surface area contributed by atoms with Crippen molar-refractivity contribution in [3.05, 3.63) is 58.3 Å². The van der Waals surface area contributed by atoms with Crippen LogP contribution >= 0.6 is 23.2 Å². The van der Waals surface area contributed by atoms with Gasteiger partial charge in [-0.2, -0.15) is 0 Å². The second-order valence-corrected chi connectivity index (χ2v) is 5.91. The van der Waals surface area contributed by atoms with Crippen LogP contribution < -0.4 is 20.3 Å². The van der Waals surface area contributed by atoms with E-state index in [-0.39, 0.29) is 17.4 Å². The second kappa shape index (κ2) is 9.26. The topological polar surface area (TPSA) is 76.7 Å². The van der Waals surface area contributed by atoms with Gasteiger partial charge >= 0.3 is 0 Å². The molecule has 6 nitrogen and oxygen atoms in total. The molecule has 2 N–H and O–H groups in total. The summed E-state index contributed by atoms with van der Waals surface area (Å²) in [4.78, 5) is 23.6. The summed E-state index contributed by atoms with van der Waals surface area (Å²) < 4.78 is 23.9. The van der Waals surface area contributed by atoms with E-state index in [1.165, 1.54) is 37.3 Å². The first kappa shape index (κ1) is 19.8. The van der Waals surface area contributed by atoms with E-state index in [9.17, 15) is 14.0 Å². The molecule has 0 aliphatic heterocycles. The quantitative estimate of drug-likeness (QED) is 0.730. The van der Waals surface area contributed by atoms with Gasteiger partial charge in [-0.05, 0) is 31.2 Å². The molecule has 0 spiro atoms. The third-order valence-electron chi connectivity index (χ3n) is 3.10. The van der Waals surface area contributed by atoms with Gasteiger partial charge in [0.1, 0.15) is 5.75 Å². The highest BCUT2D eigenvalue weighted by molar-refractivity contribution is 6.42. The van der Waals surface area contributed by atoms with Crippen molar-refractivity contribution in [1.29, 1.82) is 0 Å². The number of halogens is 3. The lowest BCUT2D eigenvalue weighted by Gasteiger charge is -2.15. The van der Waals surface area contributed by atoms with Crippen molar-refractivity contribution >= 4 is 35.0 Å². The van der Waals surface area contributed by atoms with E-state index in [1.54, 1.807) is 12.1 Å². The first-order chi connectivity index (χ1) is 12.4. The van der Waals surface area contributed by atoms with Crippen molar-refractivity contribution in [2.24, 2.45) is 0 Å². The lowest BCUT2D eigenvalue weighted by atomic mass is 10.3. The summed E-state index contributed by atoms with van der Waals surface area (Å²) in [6.07, 6.45) is -1.02. The molecule has 0 aliphatic rings. The van der Waals surface area contributed by atoms with Crippen LogP contribution in [0.4, 0.5) is 4.39 Å². The van der Waals surface area contributed by atoms with E-state index in [0.717, 1.165) is 0 Å². The van der Waals surface area contributed by atoms with Gasteiger partial charge in [0.25, 0.3) is 11.8 Å². The summed E-state index contributed by atoms with van der Waals surface area (Å²) in [5.74, 6) is -1.58. The molecule has 2 rings (SSSR count). The maximum absolute atomic E-state index is 13.5. The highest BCUT2D eigenvalue weighted by Gasteiger charge is 2.17. The standard InChI is InChI=1S/C17H15Cl2FN2O4/c1-10(26-15-5-3-2-4-14(15)20)17(24)22-21-16(23)9-25-11-6-7-12(18)13(19)8-11/h2-8,10H,9H2,1H3,(H,21,23)(H,22,24). The van der Waals surface area contributed by atoms with Crippen molar-refractivity contribution in [2.75, 3.05) is 6.61 Å². The van der Waals surface area contributed by atoms with Crippen LogP contribution in [0.15, 0.2) is 42.5 Å². The predicted molar refractivity (Wildman–Crippen MR) is 94.7 cm³/mol. The van der Waals surface area contributed by atoms with Gasteiger partial charge in [0.15, 0.2) is 24.3 Å². The predicted octanol–water partition coefficient (Wildman–Crippen LogP) is 3.13. The summed E-state index contributed by atoms with van der Waals surface area (Å²) in [6.45, 7) is 1.06. The maximum atomic E-state index is 13.5. The molecular formula is C17H15Cl2FN2O4. The van der Waals surface area contributed by atoms with Gasteiger partial charge in [-0.1, -0.05) is 35.3 Å². The van der Waals surface area contributed by atoms with Crippen LogP contribution in [0.3, 0.4) is 0 Å². The largest absolute Gasteiger partial charge is 0.484 e. The van der Waals surface area contributed by atoms with Crippen LogP contribution in [-0.4, -0.2) is 24.5 Å². The minimum absolute atomic E-state index is 0.0653. The molecular weight excluding hydrogens is 386 g/mol. The summed E-state index contributed by atoms with van der Waals surface area (Å²) in [5.41, 5.74) is 4.33. The molecule has 9 heteroatoms. The van der Waals surface area contributed by atoms with E-state index < -0.39 is 23.7 Å². The van der Waals surface area contributed by atoms with Crippen LogP contribution in [0.25, 0.3) is 0 Å². The molecule has 0 aromatic heterocycles. The SMILES string of the molecule is CC(Oc1ccccc1F)C(=O)NNC(=O)COc1ccc(Cl)c(Cl)c1. The molecule has 2 aromatic rings. The lowest BCUT2D eigenvalue weighted by Crippen LogP contribution is -2.48. The summed E-state index contributed by atoms with van der Waals surface area (Å²) >= 11 is 11.6. The van der Waals surface area contributed by atoms with Crippen LogP contribution in [-0.2, 0) is 9.59 Å². The summed E-state index contributed by atoms with van der Waals surface area (Å²) in [5, 5.41) is 0.650. The Kier molecular flexibility index (Phi) is 7.06. The third kappa shape index (κ3) is 5.79. The average Bonchev–Trinajstić information content (AvgIpc) is 2.62. The molecule has 0 saturated carbocycles. The van der Waals surface area contributed by atoms with Crippen molar-refractivity contribution < 1.29 is 23.5 Å². The van der Waals surface area contributed by atoms with E-state index in [0.29, 0.717) is 10.8 Å². The number of carbonyl (C=O) groups excluding carboxylic acids is 2. The summed E-state index contributed by atoms with van der Waals surface area (Å²) in [7, 11) is 0. The number of hydrogen-bond acceptors (Lipinski definition) is 4. The Hall–Kier alpha value is -2.51. The Labute approximate surface area is 159 Å². The Morgan fingerprint density at radius 2 is 1.85 bits per heavy atom. The van der Waals surface area contributed by atoms with Gasteiger partial charge in [0.2, 0.25) is 0 Å². The lowest BCUT2D eigenvalue weighted by molar-refractivity contribution is -0.133. The maximum Gasteiger partial charge on any atom is 0.279 e. The number of hydrazine groups is 1. The highest BCUT2D eigenvalue weighted by atomic mass is 35.5. The fourth-order valence-corrected chi connectivity index (χ4v) is 2.06. The van der Waals surface area contributed by atoms with Crippen molar-refractivity contribution in [1.82, 2.24) is 10.9 Å². The number of para-hydroxylation sites is 1. The van der Waals surface area contributed by atoms with E-state index in [2.05, 4.69) is 10.9 Å². The average molecular weight is 401 g/mol. The minimum Gasteiger partial charge on any atom is -0.484 e. The molecule has 0 radical (unpaired) electrons. The highest BCUT2D eigenvalue weighted by Crippen LogP contribution is 2.26. The second-order valence-electron chi connectivity index (χ2n) is 5.09. The van der Waals surface area contributed by atoms with Gasteiger partial charge in [-0.3, -0.25) is 20.4 Å². The fraction of sp³-hybridized carbons (Fsp3) is 0.176. The van der Waals surface area contributed by atoms with Crippen LogP contribution in [0.1, 0.15) is 6.92 Å². The molecule has 0 bridgehead atoms. The number of carbonyl (C=O) groups is 2. The molecule has 2 aromatic carbocycles. The van der Waals surface area contributed by atoms with E-state index in [1.807, 2.05) is 0 Å². The van der Waals surface area contributed by atoms with Gasteiger partial charge < -0.3 is 9.47 Å². The molecule has 2 amide bonds. The van der Waals surface area contributed by atoms with Crippen LogP contribution in [0, 0.1) is 5.82 Å². The van der Waals surface area contributed by atoms with Crippen molar-refractivity contribution in [3.8, 4) is 11.5 Å². The van der Waals surface area contributed by atoms with E-state index in [4.69, 9.17) is 32.7 Å². The van der Waals surface area contributed by atoms with Gasteiger partial charge in [-0.25, -0.2) is 4.39 Å². The van der Waals surface area contributed by atoms with E-state index >= 15 is 0 Å².